The van der Waals surface area contributed by atoms with E-state index >= 15 is 9.59 Å². The number of anilines is 1. The Labute approximate surface area is 283 Å². The van der Waals surface area contributed by atoms with Gasteiger partial charge in [-0.3, -0.25) is 14.4 Å². The number of carbonyl (C=O) groups excluding carboxylic acids is 3. The molecule has 8 nitrogen and oxygen atoms in total. The van der Waals surface area contributed by atoms with Crippen molar-refractivity contribution in [3.63, 3.8) is 0 Å². The number of hydrogen-bond acceptors (Lipinski definition) is 5. The lowest BCUT2D eigenvalue weighted by Gasteiger charge is -2.39. The fraction of sp³-hybridized carbons (Fsp3) is 0.375. The predicted octanol–water partition coefficient (Wildman–Crippen LogP) is 5.18. The van der Waals surface area contributed by atoms with Gasteiger partial charge in [0, 0.05) is 25.3 Å². The van der Waals surface area contributed by atoms with Crippen LogP contribution in [0.2, 0.25) is 0 Å². The highest BCUT2D eigenvalue weighted by molar-refractivity contribution is 6.03. The summed E-state index contributed by atoms with van der Waals surface area (Å²) in [6.07, 6.45) is 5.23. The SMILES string of the molecule is C=CCN(Cc1ccccc1)C(=O)C1N([C@@H](CO)Cc2ccccc2)C(=O)[C@@H]2[C@@H](C(=O)N(CC=C)c3ccccc3)[C@@]3(CC)CCC12O3. The summed E-state index contributed by atoms with van der Waals surface area (Å²) in [7, 11) is 0. The Hall–Kier alpha value is -4.53. The van der Waals surface area contributed by atoms with Crippen LogP contribution in [0.4, 0.5) is 5.69 Å². The molecule has 3 amide bonds. The molecule has 0 radical (unpaired) electrons. The van der Waals surface area contributed by atoms with Crippen molar-refractivity contribution in [2.24, 2.45) is 11.8 Å². The highest BCUT2D eigenvalue weighted by Crippen LogP contribution is 2.65. The number of hydrogen-bond donors (Lipinski definition) is 1. The summed E-state index contributed by atoms with van der Waals surface area (Å²) in [5, 5.41) is 10.9. The summed E-state index contributed by atoms with van der Waals surface area (Å²) < 4.78 is 7.09. The molecule has 3 aliphatic rings. The van der Waals surface area contributed by atoms with Crippen molar-refractivity contribution in [1.29, 1.82) is 0 Å². The quantitative estimate of drug-likeness (QED) is 0.244. The molecule has 0 aromatic heterocycles. The van der Waals surface area contributed by atoms with E-state index in [0.29, 0.717) is 37.9 Å². The van der Waals surface area contributed by atoms with Crippen molar-refractivity contribution >= 4 is 23.4 Å². The van der Waals surface area contributed by atoms with E-state index < -0.39 is 35.1 Å². The zero-order valence-corrected chi connectivity index (χ0v) is 27.6. The van der Waals surface area contributed by atoms with Gasteiger partial charge in [0.15, 0.2) is 0 Å². The van der Waals surface area contributed by atoms with Crippen LogP contribution >= 0.6 is 0 Å². The van der Waals surface area contributed by atoms with Gasteiger partial charge in [-0.1, -0.05) is 97.9 Å². The Morgan fingerprint density at radius 3 is 2.10 bits per heavy atom. The second-order valence-electron chi connectivity index (χ2n) is 13.2. The first kappa shape index (κ1) is 33.4. The number of aliphatic hydroxyl groups excluding tert-OH is 1. The number of amides is 3. The van der Waals surface area contributed by atoms with Crippen LogP contribution in [0.15, 0.2) is 116 Å². The molecule has 3 saturated heterocycles. The van der Waals surface area contributed by atoms with Gasteiger partial charge in [-0.15, -0.1) is 13.2 Å². The third kappa shape index (κ3) is 5.67. The number of nitrogens with zero attached hydrogens (tertiary/aromatic N) is 3. The summed E-state index contributed by atoms with van der Waals surface area (Å²) in [5.74, 6) is -2.52. The van der Waals surface area contributed by atoms with Crippen LogP contribution in [-0.4, -0.2) is 75.6 Å². The van der Waals surface area contributed by atoms with E-state index in [0.717, 1.165) is 11.1 Å². The van der Waals surface area contributed by atoms with Crippen LogP contribution in [-0.2, 0) is 32.1 Å². The Morgan fingerprint density at radius 2 is 1.52 bits per heavy atom. The molecular weight excluding hydrogens is 602 g/mol. The molecule has 1 N–H and O–H groups in total. The summed E-state index contributed by atoms with van der Waals surface area (Å²) in [5.41, 5.74) is 0.436. The minimum atomic E-state index is -1.23. The van der Waals surface area contributed by atoms with Crippen LogP contribution in [0.5, 0.6) is 0 Å². The second kappa shape index (κ2) is 13.9. The zero-order valence-electron chi connectivity index (χ0n) is 27.6. The summed E-state index contributed by atoms with van der Waals surface area (Å²) in [6, 6.07) is 27.0. The minimum absolute atomic E-state index is 0.216. The molecule has 0 saturated carbocycles. The smallest absolute Gasteiger partial charge is 0.249 e. The van der Waals surface area contributed by atoms with Crippen LogP contribution in [0.1, 0.15) is 37.3 Å². The summed E-state index contributed by atoms with van der Waals surface area (Å²) in [6.45, 7) is 10.3. The molecule has 3 aromatic rings. The maximum atomic E-state index is 15.1. The van der Waals surface area contributed by atoms with Gasteiger partial charge < -0.3 is 24.5 Å². The van der Waals surface area contributed by atoms with E-state index in [1.165, 1.54) is 0 Å². The molecule has 250 valence electrons. The van der Waals surface area contributed by atoms with Gasteiger partial charge in [-0.2, -0.15) is 0 Å². The summed E-state index contributed by atoms with van der Waals surface area (Å²) in [4.78, 5) is 49.9. The number of ether oxygens (including phenoxy) is 1. The lowest BCUT2D eigenvalue weighted by atomic mass is 9.64. The standard InChI is InChI=1S/C40H45N3O5/c1-4-24-41(27-30-18-12-8-13-19-30)38(47)35-40-23-22-39(6-3,48-40)33(36(45)42(25-5-2)31-20-14-9-15-21-31)34(40)37(46)43(35)32(28-44)26-29-16-10-7-11-17-29/h4-5,7-21,32-35,44H,1-2,6,22-28H2,3H3/t32-,33+,34+,35?,39-,40?/m1/s1. The van der Waals surface area contributed by atoms with Gasteiger partial charge in [0.25, 0.3) is 0 Å². The molecule has 0 aliphatic carbocycles. The van der Waals surface area contributed by atoms with Crippen molar-refractivity contribution < 1.29 is 24.2 Å². The number of benzene rings is 3. The highest BCUT2D eigenvalue weighted by atomic mass is 16.5. The van der Waals surface area contributed by atoms with Crippen LogP contribution < -0.4 is 4.90 Å². The summed E-state index contributed by atoms with van der Waals surface area (Å²) >= 11 is 0. The first-order valence-corrected chi connectivity index (χ1v) is 16.9. The van der Waals surface area contributed by atoms with Gasteiger partial charge in [-0.05, 0) is 48.9 Å². The molecule has 3 aliphatic heterocycles. The van der Waals surface area contributed by atoms with E-state index in [-0.39, 0.29) is 37.4 Å². The van der Waals surface area contributed by atoms with Crippen LogP contribution in [0, 0.1) is 11.8 Å². The number of aliphatic hydroxyl groups is 1. The van der Waals surface area contributed by atoms with E-state index in [1.807, 2.05) is 97.9 Å². The average molecular weight is 648 g/mol. The van der Waals surface area contributed by atoms with Crippen LogP contribution in [0.25, 0.3) is 0 Å². The van der Waals surface area contributed by atoms with Gasteiger partial charge in [0.05, 0.1) is 30.1 Å². The lowest BCUT2D eigenvalue weighted by molar-refractivity contribution is -0.156. The van der Waals surface area contributed by atoms with E-state index in [9.17, 15) is 9.90 Å². The van der Waals surface area contributed by atoms with Gasteiger partial charge in [-0.25, -0.2) is 0 Å². The van der Waals surface area contributed by atoms with Crippen molar-refractivity contribution in [3.8, 4) is 0 Å². The number of rotatable bonds is 14. The molecule has 2 bridgehead atoms. The maximum Gasteiger partial charge on any atom is 0.249 e. The third-order valence-electron chi connectivity index (χ3n) is 10.6. The number of likely N-dealkylation sites (tertiary alicyclic amines) is 1. The molecule has 48 heavy (non-hydrogen) atoms. The fourth-order valence-corrected chi connectivity index (χ4v) is 8.43. The Balaban J connectivity index is 1.47. The van der Waals surface area contributed by atoms with Crippen molar-refractivity contribution in [1.82, 2.24) is 9.80 Å². The Morgan fingerprint density at radius 1 is 0.917 bits per heavy atom. The number of fused-ring (bicyclic) bond motifs is 1. The first-order chi connectivity index (χ1) is 23.3. The maximum absolute atomic E-state index is 15.1. The first-order valence-electron chi connectivity index (χ1n) is 16.9. The molecule has 6 rings (SSSR count). The molecule has 1 spiro atoms. The molecule has 3 aromatic carbocycles. The highest BCUT2D eigenvalue weighted by Gasteiger charge is 2.79. The van der Waals surface area contributed by atoms with E-state index in [1.54, 1.807) is 26.9 Å². The number of para-hydroxylation sites is 1. The molecule has 2 unspecified atom stereocenters. The fourth-order valence-electron chi connectivity index (χ4n) is 8.43. The Bertz CT molecular complexity index is 1630. The monoisotopic (exact) mass is 647 g/mol. The van der Waals surface area contributed by atoms with Crippen molar-refractivity contribution in [2.75, 3.05) is 24.6 Å². The van der Waals surface area contributed by atoms with Gasteiger partial charge >= 0.3 is 0 Å². The lowest BCUT2D eigenvalue weighted by Crippen LogP contribution is -2.59. The second-order valence-corrected chi connectivity index (χ2v) is 13.2. The molecule has 3 heterocycles. The molecule has 6 atom stereocenters. The number of carbonyl (C=O) groups is 3. The largest absolute Gasteiger partial charge is 0.394 e. The third-order valence-corrected chi connectivity index (χ3v) is 10.6. The zero-order chi connectivity index (χ0) is 33.9. The van der Waals surface area contributed by atoms with Gasteiger partial charge in [0.2, 0.25) is 17.7 Å². The topological polar surface area (TPSA) is 90.4 Å². The van der Waals surface area contributed by atoms with E-state index in [2.05, 4.69) is 13.2 Å². The Kier molecular flexibility index (Phi) is 9.67. The normalized spacial score (nSPS) is 26.2. The van der Waals surface area contributed by atoms with Crippen molar-refractivity contribution in [3.05, 3.63) is 127 Å². The van der Waals surface area contributed by atoms with Crippen LogP contribution in [0.3, 0.4) is 0 Å². The van der Waals surface area contributed by atoms with Crippen molar-refractivity contribution in [2.45, 2.75) is 62.4 Å². The molecular formula is C40H45N3O5. The molecule has 8 heteroatoms. The predicted molar refractivity (Wildman–Crippen MR) is 186 cm³/mol. The van der Waals surface area contributed by atoms with E-state index in [4.69, 9.17) is 4.74 Å². The average Bonchev–Trinajstić information content (AvgIpc) is 3.73. The minimum Gasteiger partial charge on any atom is -0.394 e. The van der Waals surface area contributed by atoms with Gasteiger partial charge in [0.1, 0.15) is 11.6 Å². The molecule has 3 fully saturated rings.